The van der Waals surface area contributed by atoms with E-state index in [-0.39, 0.29) is 12.4 Å². The predicted molar refractivity (Wildman–Crippen MR) is 91.6 cm³/mol. The minimum absolute atomic E-state index is 0.00981. The highest BCUT2D eigenvalue weighted by Gasteiger charge is 2.15. The molecule has 0 spiro atoms. The summed E-state index contributed by atoms with van der Waals surface area (Å²) in [4.78, 5) is 11.6. The Morgan fingerprint density at radius 1 is 0.917 bits per heavy atom. The van der Waals surface area contributed by atoms with E-state index in [1.165, 1.54) is 6.92 Å². The number of carbonyl (C=O) groups is 1. The molecule has 0 aromatic heterocycles. The molecule has 0 fully saturated rings. The van der Waals surface area contributed by atoms with Crippen molar-refractivity contribution < 1.29 is 23.7 Å². The number of hydrogen-bond donors (Lipinski definition) is 0. The van der Waals surface area contributed by atoms with Gasteiger partial charge in [0.2, 0.25) is 5.75 Å². The Bertz CT molecular complexity index is 712. The summed E-state index contributed by atoms with van der Waals surface area (Å²) in [5, 5.41) is 0. The van der Waals surface area contributed by atoms with E-state index in [2.05, 4.69) is 0 Å². The minimum atomic E-state index is -0.00981. The maximum atomic E-state index is 11.6. The van der Waals surface area contributed by atoms with Crippen molar-refractivity contribution in [3.8, 4) is 23.0 Å². The second-order valence-electron chi connectivity index (χ2n) is 5.37. The molecule has 0 saturated carbocycles. The van der Waals surface area contributed by atoms with Gasteiger partial charge in [-0.3, -0.25) is 4.79 Å². The van der Waals surface area contributed by atoms with Crippen LogP contribution in [0.2, 0.25) is 0 Å². The van der Waals surface area contributed by atoms with Gasteiger partial charge in [0, 0.05) is 11.1 Å². The van der Waals surface area contributed by atoms with Crippen molar-refractivity contribution in [2.75, 3.05) is 21.3 Å². The molecular formula is C19H22O5. The summed E-state index contributed by atoms with van der Waals surface area (Å²) in [6.07, 6.45) is 0. The molecule has 2 aromatic carbocycles. The second-order valence-corrected chi connectivity index (χ2v) is 5.37. The van der Waals surface area contributed by atoms with Crippen LogP contribution in [-0.4, -0.2) is 27.1 Å². The van der Waals surface area contributed by atoms with Crippen LogP contribution in [0.1, 0.15) is 28.4 Å². The lowest BCUT2D eigenvalue weighted by Crippen LogP contribution is -2.04. The summed E-state index contributed by atoms with van der Waals surface area (Å²) < 4.78 is 22.0. The zero-order chi connectivity index (χ0) is 17.7. The van der Waals surface area contributed by atoms with E-state index in [0.29, 0.717) is 28.6 Å². The average molecular weight is 330 g/mol. The van der Waals surface area contributed by atoms with Gasteiger partial charge < -0.3 is 18.9 Å². The summed E-state index contributed by atoms with van der Waals surface area (Å²) in [5.74, 6) is 2.34. The first-order valence-electron chi connectivity index (χ1n) is 7.53. The number of ether oxygens (including phenoxy) is 4. The standard InChI is InChI=1S/C19H22O5/c1-12-8-17(22-4)19(18(9-12)23-5)24-11-15-10-14(13(2)20)6-7-16(15)21-3/h6-10H,11H2,1-5H3. The molecule has 2 rings (SSSR count). The van der Waals surface area contributed by atoms with E-state index in [9.17, 15) is 4.79 Å². The summed E-state index contributed by atoms with van der Waals surface area (Å²) in [6, 6.07) is 9.02. The van der Waals surface area contributed by atoms with Crippen molar-refractivity contribution >= 4 is 5.78 Å². The number of ketones is 1. The Morgan fingerprint density at radius 2 is 1.50 bits per heavy atom. The molecule has 0 N–H and O–H groups in total. The SMILES string of the molecule is COc1ccc(C(C)=O)cc1COc1c(OC)cc(C)cc1OC. The zero-order valence-corrected chi connectivity index (χ0v) is 14.6. The van der Waals surface area contributed by atoms with Crippen LogP contribution in [0.25, 0.3) is 0 Å². The molecule has 0 saturated heterocycles. The largest absolute Gasteiger partial charge is 0.496 e. The monoisotopic (exact) mass is 330 g/mol. The predicted octanol–water partition coefficient (Wildman–Crippen LogP) is 3.80. The van der Waals surface area contributed by atoms with Crippen molar-refractivity contribution in [3.63, 3.8) is 0 Å². The number of rotatable bonds is 7. The van der Waals surface area contributed by atoms with Crippen LogP contribution in [-0.2, 0) is 6.61 Å². The maximum Gasteiger partial charge on any atom is 0.203 e. The van der Waals surface area contributed by atoms with Crippen molar-refractivity contribution in [3.05, 3.63) is 47.0 Å². The fourth-order valence-corrected chi connectivity index (χ4v) is 2.41. The zero-order valence-electron chi connectivity index (χ0n) is 14.6. The molecule has 0 aliphatic heterocycles. The third-order valence-electron chi connectivity index (χ3n) is 3.66. The Morgan fingerprint density at radius 3 is 2.00 bits per heavy atom. The van der Waals surface area contributed by atoms with E-state index in [1.54, 1.807) is 39.5 Å². The molecule has 0 bridgehead atoms. The fraction of sp³-hybridized carbons (Fsp3) is 0.316. The van der Waals surface area contributed by atoms with Gasteiger partial charge in [0.15, 0.2) is 17.3 Å². The van der Waals surface area contributed by atoms with Crippen LogP contribution < -0.4 is 18.9 Å². The van der Waals surface area contributed by atoms with E-state index in [0.717, 1.165) is 11.1 Å². The van der Waals surface area contributed by atoms with Crippen LogP contribution in [0.5, 0.6) is 23.0 Å². The van der Waals surface area contributed by atoms with Crippen LogP contribution >= 0.6 is 0 Å². The Hall–Kier alpha value is -2.69. The summed E-state index contributed by atoms with van der Waals surface area (Å²) in [7, 11) is 4.75. The molecule has 0 radical (unpaired) electrons. The van der Waals surface area contributed by atoms with E-state index < -0.39 is 0 Å². The smallest absolute Gasteiger partial charge is 0.203 e. The molecule has 0 heterocycles. The highest BCUT2D eigenvalue weighted by molar-refractivity contribution is 5.94. The Balaban J connectivity index is 2.34. The van der Waals surface area contributed by atoms with Gasteiger partial charge in [-0.1, -0.05) is 0 Å². The first-order valence-corrected chi connectivity index (χ1v) is 7.53. The summed E-state index contributed by atoms with van der Waals surface area (Å²) in [6.45, 7) is 3.70. The fourth-order valence-electron chi connectivity index (χ4n) is 2.41. The normalized spacial score (nSPS) is 10.2. The van der Waals surface area contributed by atoms with Crippen molar-refractivity contribution in [1.29, 1.82) is 0 Å². The van der Waals surface area contributed by atoms with Crippen molar-refractivity contribution in [2.24, 2.45) is 0 Å². The minimum Gasteiger partial charge on any atom is -0.496 e. The quantitative estimate of drug-likeness (QED) is 0.723. The molecule has 0 amide bonds. The highest BCUT2D eigenvalue weighted by Crippen LogP contribution is 2.39. The molecule has 5 heteroatoms. The first-order chi connectivity index (χ1) is 11.5. The van der Waals surface area contributed by atoms with Crippen LogP contribution in [0.15, 0.2) is 30.3 Å². The number of hydrogen-bond acceptors (Lipinski definition) is 5. The van der Waals surface area contributed by atoms with Crippen molar-refractivity contribution in [1.82, 2.24) is 0 Å². The Labute approximate surface area is 142 Å². The maximum absolute atomic E-state index is 11.6. The molecular weight excluding hydrogens is 308 g/mol. The van der Waals surface area contributed by atoms with E-state index in [4.69, 9.17) is 18.9 Å². The topological polar surface area (TPSA) is 54.0 Å². The molecule has 128 valence electrons. The lowest BCUT2D eigenvalue weighted by atomic mass is 10.1. The molecule has 2 aromatic rings. The van der Waals surface area contributed by atoms with Gasteiger partial charge in [0.05, 0.1) is 21.3 Å². The number of Topliss-reactive ketones (excluding diaryl/α,β-unsaturated/α-hetero) is 1. The third-order valence-corrected chi connectivity index (χ3v) is 3.66. The third kappa shape index (κ3) is 3.79. The van der Waals surface area contributed by atoms with Gasteiger partial charge in [-0.05, 0) is 49.7 Å². The molecule has 0 aliphatic carbocycles. The van der Waals surface area contributed by atoms with Crippen molar-refractivity contribution in [2.45, 2.75) is 20.5 Å². The molecule has 24 heavy (non-hydrogen) atoms. The van der Waals surface area contributed by atoms with E-state index in [1.807, 2.05) is 19.1 Å². The number of carbonyl (C=O) groups excluding carboxylic acids is 1. The summed E-state index contributed by atoms with van der Waals surface area (Å²) >= 11 is 0. The molecule has 5 nitrogen and oxygen atoms in total. The molecule has 0 aliphatic rings. The van der Waals surface area contributed by atoms with Crippen LogP contribution in [0.4, 0.5) is 0 Å². The lowest BCUT2D eigenvalue weighted by Gasteiger charge is -2.16. The van der Waals surface area contributed by atoms with E-state index >= 15 is 0 Å². The van der Waals surface area contributed by atoms with Gasteiger partial charge in [-0.2, -0.15) is 0 Å². The molecule has 0 unspecified atom stereocenters. The number of methoxy groups -OCH3 is 3. The number of aryl methyl sites for hydroxylation is 1. The van der Waals surface area contributed by atoms with Gasteiger partial charge in [-0.15, -0.1) is 0 Å². The average Bonchev–Trinajstić information content (AvgIpc) is 2.59. The van der Waals surface area contributed by atoms with Crippen LogP contribution in [0, 0.1) is 6.92 Å². The van der Waals surface area contributed by atoms with Gasteiger partial charge in [0.25, 0.3) is 0 Å². The number of benzene rings is 2. The first kappa shape index (κ1) is 17.7. The lowest BCUT2D eigenvalue weighted by molar-refractivity contribution is 0.101. The summed E-state index contributed by atoms with van der Waals surface area (Å²) in [5.41, 5.74) is 2.39. The van der Waals surface area contributed by atoms with Gasteiger partial charge in [0.1, 0.15) is 12.4 Å². The van der Waals surface area contributed by atoms with Crippen LogP contribution in [0.3, 0.4) is 0 Å². The van der Waals surface area contributed by atoms with Gasteiger partial charge in [-0.25, -0.2) is 0 Å². The second kappa shape index (κ2) is 7.73. The highest BCUT2D eigenvalue weighted by atomic mass is 16.5. The Kier molecular flexibility index (Phi) is 5.68. The molecule has 0 atom stereocenters. The van der Waals surface area contributed by atoms with Gasteiger partial charge >= 0.3 is 0 Å².